The van der Waals surface area contributed by atoms with Gasteiger partial charge in [0.15, 0.2) is 0 Å². The lowest BCUT2D eigenvalue weighted by atomic mass is 10.1. The van der Waals surface area contributed by atoms with Crippen LogP contribution < -0.4 is 11.1 Å². The predicted molar refractivity (Wildman–Crippen MR) is 83.7 cm³/mol. The second kappa shape index (κ2) is 8.11. The number of halogens is 1. The maximum atomic E-state index is 11.7. The van der Waals surface area contributed by atoms with E-state index in [2.05, 4.69) is 5.32 Å². The van der Waals surface area contributed by atoms with Crippen molar-refractivity contribution in [2.45, 2.75) is 25.8 Å². The van der Waals surface area contributed by atoms with Gasteiger partial charge in [0.2, 0.25) is 5.91 Å². The van der Waals surface area contributed by atoms with E-state index in [-0.39, 0.29) is 30.1 Å². The fraction of sp³-hybridized carbons (Fsp3) is 0.462. The lowest BCUT2D eigenvalue weighted by Crippen LogP contribution is -2.37. The van der Waals surface area contributed by atoms with Gasteiger partial charge in [0.1, 0.15) is 9.84 Å². The molecule has 1 amide bonds. The molecule has 0 radical (unpaired) electrons. The van der Waals surface area contributed by atoms with Crippen molar-refractivity contribution in [1.82, 2.24) is 5.32 Å². The summed E-state index contributed by atoms with van der Waals surface area (Å²) in [6, 6.07) is 7.00. The van der Waals surface area contributed by atoms with E-state index < -0.39 is 9.84 Å². The van der Waals surface area contributed by atoms with Gasteiger partial charge >= 0.3 is 0 Å². The molecule has 0 aromatic heterocycles. The minimum atomic E-state index is -3.08. The summed E-state index contributed by atoms with van der Waals surface area (Å²) in [7, 11) is -3.08. The number of nitrogens with one attached hydrogen (secondary N) is 1. The summed E-state index contributed by atoms with van der Waals surface area (Å²) in [4.78, 5) is 11.7. The maximum Gasteiger partial charge on any atom is 0.220 e. The van der Waals surface area contributed by atoms with Crippen LogP contribution >= 0.6 is 12.4 Å². The normalized spacial score (nSPS) is 12.3. The molecule has 0 spiro atoms. The van der Waals surface area contributed by atoms with Crippen LogP contribution in [0, 0.1) is 0 Å². The Morgan fingerprint density at radius 2 is 1.95 bits per heavy atom. The summed E-state index contributed by atoms with van der Waals surface area (Å²) in [6.07, 6.45) is 1.99. The Balaban J connectivity index is 0.00000361. The van der Waals surface area contributed by atoms with Gasteiger partial charge in [0.25, 0.3) is 0 Å². The van der Waals surface area contributed by atoms with E-state index in [1.54, 1.807) is 13.0 Å². The van der Waals surface area contributed by atoms with Gasteiger partial charge in [-0.25, -0.2) is 8.42 Å². The Labute approximate surface area is 126 Å². The molecule has 1 unspecified atom stereocenters. The van der Waals surface area contributed by atoms with E-state index in [1.807, 2.05) is 18.2 Å². The Hall–Kier alpha value is -1.27. The number of para-hydroxylation sites is 1. The first-order chi connectivity index (χ1) is 8.78. The lowest BCUT2D eigenvalue weighted by molar-refractivity contribution is -0.121. The lowest BCUT2D eigenvalue weighted by Gasteiger charge is -2.13. The zero-order chi connectivity index (χ0) is 14.5. The molecule has 0 bridgehead atoms. The van der Waals surface area contributed by atoms with Crippen molar-refractivity contribution in [3.8, 4) is 0 Å². The first-order valence-corrected chi connectivity index (χ1v) is 8.14. The van der Waals surface area contributed by atoms with E-state index in [0.29, 0.717) is 18.5 Å². The van der Waals surface area contributed by atoms with Crippen molar-refractivity contribution in [2.24, 2.45) is 0 Å². The van der Waals surface area contributed by atoms with Crippen LogP contribution in [0.25, 0.3) is 0 Å². The van der Waals surface area contributed by atoms with E-state index in [1.165, 1.54) is 0 Å². The molecule has 5 nitrogen and oxygen atoms in total. The number of nitrogen functional groups attached to an aromatic ring is 1. The molecule has 0 saturated heterocycles. The number of aryl methyl sites for hydroxylation is 1. The van der Waals surface area contributed by atoms with Crippen molar-refractivity contribution >= 4 is 33.8 Å². The molecular formula is C13H21ClN2O3S. The summed E-state index contributed by atoms with van der Waals surface area (Å²) >= 11 is 0. The van der Waals surface area contributed by atoms with Crippen molar-refractivity contribution < 1.29 is 13.2 Å². The SMILES string of the molecule is CC(CS(C)(=O)=O)NC(=O)CCc1ccccc1N.Cl. The quantitative estimate of drug-likeness (QED) is 0.770. The number of anilines is 1. The number of rotatable bonds is 6. The van der Waals surface area contributed by atoms with Crippen LogP contribution in [0.1, 0.15) is 18.9 Å². The molecule has 0 aliphatic heterocycles. The van der Waals surface area contributed by atoms with Gasteiger partial charge in [-0.2, -0.15) is 0 Å². The third-order valence-corrected chi connectivity index (χ3v) is 3.74. The molecule has 1 atom stereocenters. The van der Waals surface area contributed by atoms with Gasteiger partial charge in [-0.05, 0) is 25.0 Å². The number of carbonyl (C=O) groups excluding carboxylic acids is 1. The summed E-state index contributed by atoms with van der Waals surface area (Å²) in [5, 5.41) is 2.67. The number of amides is 1. The third kappa shape index (κ3) is 7.35. The second-order valence-corrected chi connectivity index (χ2v) is 6.94. The van der Waals surface area contributed by atoms with Crippen LogP contribution in [0.5, 0.6) is 0 Å². The summed E-state index contributed by atoms with van der Waals surface area (Å²) < 4.78 is 22.2. The maximum absolute atomic E-state index is 11.7. The van der Waals surface area contributed by atoms with Crippen molar-refractivity contribution in [3.05, 3.63) is 29.8 Å². The standard InChI is InChI=1S/C13H20N2O3S.ClH/c1-10(9-19(2,17)18)15-13(16)8-7-11-5-3-4-6-12(11)14;/h3-6,10H,7-9,14H2,1-2H3,(H,15,16);1H. The number of sulfone groups is 1. The first-order valence-electron chi connectivity index (χ1n) is 6.08. The van der Waals surface area contributed by atoms with Crippen LogP contribution in [-0.4, -0.2) is 32.4 Å². The minimum Gasteiger partial charge on any atom is -0.399 e. The summed E-state index contributed by atoms with van der Waals surface area (Å²) in [5.74, 6) is -0.217. The van der Waals surface area contributed by atoms with Gasteiger partial charge in [-0.1, -0.05) is 18.2 Å². The van der Waals surface area contributed by atoms with Gasteiger partial charge in [0.05, 0.1) is 5.75 Å². The van der Waals surface area contributed by atoms with Gasteiger partial charge in [-0.3, -0.25) is 4.79 Å². The topological polar surface area (TPSA) is 89.3 Å². The second-order valence-electron chi connectivity index (χ2n) is 4.76. The van der Waals surface area contributed by atoms with E-state index >= 15 is 0 Å². The van der Waals surface area contributed by atoms with Crippen LogP contribution in [0.2, 0.25) is 0 Å². The number of hydrogen-bond acceptors (Lipinski definition) is 4. The van der Waals surface area contributed by atoms with E-state index in [9.17, 15) is 13.2 Å². The summed E-state index contributed by atoms with van der Waals surface area (Å²) in [6.45, 7) is 1.68. The average Bonchev–Trinajstić information content (AvgIpc) is 2.25. The molecule has 7 heteroatoms. The number of benzene rings is 1. The van der Waals surface area contributed by atoms with Gasteiger partial charge in [0, 0.05) is 24.4 Å². The Morgan fingerprint density at radius 3 is 2.50 bits per heavy atom. The van der Waals surface area contributed by atoms with Crippen molar-refractivity contribution in [1.29, 1.82) is 0 Å². The fourth-order valence-electron chi connectivity index (χ4n) is 1.85. The Kier molecular flexibility index (Phi) is 7.60. The number of nitrogens with two attached hydrogens (primary N) is 1. The van der Waals surface area contributed by atoms with E-state index in [0.717, 1.165) is 11.8 Å². The minimum absolute atomic E-state index is 0. The van der Waals surface area contributed by atoms with Crippen molar-refractivity contribution in [2.75, 3.05) is 17.7 Å². The van der Waals surface area contributed by atoms with Gasteiger partial charge < -0.3 is 11.1 Å². The largest absolute Gasteiger partial charge is 0.399 e. The number of carbonyl (C=O) groups is 1. The molecule has 1 aromatic rings. The zero-order valence-corrected chi connectivity index (χ0v) is 13.3. The molecule has 1 aromatic carbocycles. The van der Waals surface area contributed by atoms with Gasteiger partial charge in [-0.15, -0.1) is 12.4 Å². The van der Waals surface area contributed by atoms with E-state index in [4.69, 9.17) is 5.73 Å². The molecule has 0 heterocycles. The average molecular weight is 321 g/mol. The van der Waals surface area contributed by atoms with Crippen LogP contribution in [0.15, 0.2) is 24.3 Å². The monoisotopic (exact) mass is 320 g/mol. The highest BCUT2D eigenvalue weighted by molar-refractivity contribution is 7.90. The zero-order valence-electron chi connectivity index (χ0n) is 11.6. The molecule has 0 aliphatic rings. The summed E-state index contributed by atoms with van der Waals surface area (Å²) in [5.41, 5.74) is 7.37. The Bertz CT molecular complexity index is 546. The molecule has 0 fully saturated rings. The highest BCUT2D eigenvalue weighted by atomic mass is 35.5. The predicted octanol–water partition coefficient (Wildman–Crippen LogP) is 1.17. The molecule has 0 saturated carbocycles. The van der Waals surface area contributed by atoms with Crippen LogP contribution in [0.4, 0.5) is 5.69 Å². The molecule has 3 N–H and O–H groups in total. The molecule has 114 valence electrons. The Morgan fingerprint density at radius 1 is 1.35 bits per heavy atom. The third-order valence-electron chi connectivity index (χ3n) is 2.64. The van der Waals surface area contributed by atoms with Crippen LogP contribution in [0.3, 0.4) is 0 Å². The number of hydrogen-bond donors (Lipinski definition) is 2. The molecular weight excluding hydrogens is 300 g/mol. The van der Waals surface area contributed by atoms with Crippen molar-refractivity contribution in [3.63, 3.8) is 0 Å². The first kappa shape index (κ1) is 18.7. The smallest absolute Gasteiger partial charge is 0.220 e. The highest BCUT2D eigenvalue weighted by Crippen LogP contribution is 2.12. The van der Waals surface area contributed by atoms with Crippen LogP contribution in [-0.2, 0) is 21.1 Å². The molecule has 0 aliphatic carbocycles. The highest BCUT2D eigenvalue weighted by Gasteiger charge is 2.13. The molecule has 1 rings (SSSR count). The fourth-order valence-corrected chi connectivity index (χ4v) is 2.84. The molecule has 20 heavy (non-hydrogen) atoms.